The highest BCUT2D eigenvalue weighted by Gasteiger charge is 2.25. The molecule has 0 saturated carbocycles. The predicted octanol–water partition coefficient (Wildman–Crippen LogP) is 6.03. The van der Waals surface area contributed by atoms with Gasteiger partial charge in [0.1, 0.15) is 22.3 Å². The zero-order valence-electron chi connectivity index (χ0n) is 19.2. The minimum absolute atomic E-state index is 0.129. The summed E-state index contributed by atoms with van der Waals surface area (Å²) >= 11 is 1.32. The molecule has 1 aromatic heterocycles. The highest BCUT2D eigenvalue weighted by Crippen LogP contribution is 2.40. The van der Waals surface area contributed by atoms with Crippen LogP contribution in [0.5, 0.6) is 17.4 Å². The molecule has 8 heteroatoms. The summed E-state index contributed by atoms with van der Waals surface area (Å²) in [6.07, 6.45) is 0.608. The SMILES string of the molecule is COc1ccc(-c2nc3c(c(SCC(=O)Nc4ccc(F)cc4)n2)Cc2cc(C)ccc2O3)cc1. The first kappa shape index (κ1) is 22.9. The number of hydrogen-bond acceptors (Lipinski definition) is 6. The molecule has 3 aromatic carbocycles. The number of anilines is 1. The lowest BCUT2D eigenvalue weighted by Crippen LogP contribution is -2.15. The van der Waals surface area contributed by atoms with Gasteiger partial charge in [0.15, 0.2) is 5.82 Å². The van der Waals surface area contributed by atoms with E-state index in [2.05, 4.69) is 11.4 Å². The van der Waals surface area contributed by atoms with Crippen LogP contribution in [0.25, 0.3) is 11.4 Å². The summed E-state index contributed by atoms with van der Waals surface area (Å²) < 4.78 is 24.6. The Kier molecular flexibility index (Phi) is 6.37. The van der Waals surface area contributed by atoms with E-state index in [0.29, 0.717) is 28.8 Å². The summed E-state index contributed by atoms with van der Waals surface area (Å²) in [6, 6.07) is 19.2. The van der Waals surface area contributed by atoms with Crippen molar-refractivity contribution < 1.29 is 18.7 Å². The minimum atomic E-state index is -0.355. The maximum absolute atomic E-state index is 13.2. The molecule has 0 saturated heterocycles. The number of carbonyl (C=O) groups is 1. The van der Waals surface area contributed by atoms with Gasteiger partial charge in [0.2, 0.25) is 11.8 Å². The molecule has 5 rings (SSSR count). The molecular formula is C27H22FN3O3S. The number of thioether (sulfide) groups is 1. The third-order valence-electron chi connectivity index (χ3n) is 5.54. The third kappa shape index (κ3) is 5.12. The number of halogens is 1. The Morgan fingerprint density at radius 1 is 1.09 bits per heavy atom. The number of aryl methyl sites for hydroxylation is 1. The van der Waals surface area contributed by atoms with E-state index in [-0.39, 0.29) is 17.5 Å². The maximum atomic E-state index is 13.2. The Balaban J connectivity index is 1.44. The molecule has 0 unspecified atom stereocenters. The molecule has 6 nitrogen and oxygen atoms in total. The summed E-state index contributed by atoms with van der Waals surface area (Å²) in [4.78, 5) is 22.1. The first-order chi connectivity index (χ1) is 17.0. The average Bonchev–Trinajstić information content (AvgIpc) is 2.87. The van der Waals surface area contributed by atoms with Crippen LogP contribution in [0.2, 0.25) is 0 Å². The van der Waals surface area contributed by atoms with Gasteiger partial charge in [-0.2, -0.15) is 4.98 Å². The van der Waals surface area contributed by atoms with Crippen molar-refractivity contribution >= 4 is 23.4 Å². The van der Waals surface area contributed by atoms with E-state index in [1.54, 1.807) is 7.11 Å². The van der Waals surface area contributed by atoms with Crippen molar-refractivity contribution in [3.63, 3.8) is 0 Å². The van der Waals surface area contributed by atoms with Gasteiger partial charge in [-0.15, -0.1) is 0 Å². The number of benzene rings is 3. The van der Waals surface area contributed by atoms with Crippen molar-refractivity contribution in [3.8, 4) is 28.8 Å². The fourth-order valence-electron chi connectivity index (χ4n) is 3.77. The Bertz CT molecular complexity index is 1390. The molecule has 176 valence electrons. The number of aromatic nitrogens is 2. The van der Waals surface area contributed by atoms with Crippen molar-refractivity contribution in [1.82, 2.24) is 9.97 Å². The van der Waals surface area contributed by atoms with Gasteiger partial charge in [-0.05, 0) is 67.1 Å². The van der Waals surface area contributed by atoms with Crippen LogP contribution in [0.3, 0.4) is 0 Å². The highest BCUT2D eigenvalue weighted by atomic mass is 32.2. The fraction of sp³-hybridized carbons (Fsp3) is 0.148. The van der Waals surface area contributed by atoms with Gasteiger partial charge in [0, 0.05) is 17.7 Å². The molecule has 0 spiro atoms. The van der Waals surface area contributed by atoms with Crippen molar-refractivity contribution in [1.29, 1.82) is 0 Å². The molecule has 4 aromatic rings. The molecule has 35 heavy (non-hydrogen) atoms. The average molecular weight is 488 g/mol. The molecule has 2 heterocycles. The molecule has 1 amide bonds. The second-order valence-corrected chi connectivity index (χ2v) is 9.06. The van der Waals surface area contributed by atoms with Crippen molar-refractivity contribution in [2.75, 3.05) is 18.2 Å². The van der Waals surface area contributed by atoms with Crippen LogP contribution in [0.15, 0.2) is 71.8 Å². The van der Waals surface area contributed by atoms with Crippen LogP contribution in [-0.4, -0.2) is 28.7 Å². The van der Waals surface area contributed by atoms with Crippen LogP contribution in [0.1, 0.15) is 16.7 Å². The molecular weight excluding hydrogens is 465 g/mol. The van der Waals surface area contributed by atoms with E-state index >= 15 is 0 Å². The summed E-state index contributed by atoms with van der Waals surface area (Å²) in [5.41, 5.74) is 4.38. The molecule has 0 bridgehead atoms. The quantitative estimate of drug-likeness (QED) is 0.233. The van der Waals surface area contributed by atoms with Crippen LogP contribution in [0.4, 0.5) is 10.1 Å². The van der Waals surface area contributed by atoms with E-state index in [0.717, 1.165) is 33.8 Å². The number of fused-ring (bicyclic) bond motifs is 2. The number of nitrogens with zero attached hydrogens (tertiary/aromatic N) is 2. The van der Waals surface area contributed by atoms with Crippen LogP contribution >= 0.6 is 11.8 Å². The first-order valence-corrected chi connectivity index (χ1v) is 12.0. The van der Waals surface area contributed by atoms with Crippen molar-refractivity contribution in [2.24, 2.45) is 0 Å². The summed E-state index contributed by atoms with van der Waals surface area (Å²) in [5.74, 6) is 2.06. The summed E-state index contributed by atoms with van der Waals surface area (Å²) in [5, 5.41) is 3.47. The summed E-state index contributed by atoms with van der Waals surface area (Å²) in [7, 11) is 1.61. The second-order valence-electron chi connectivity index (χ2n) is 8.10. The molecule has 0 aliphatic carbocycles. The Morgan fingerprint density at radius 2 is 1.86 bits per heavy atom. The monoisotopic (exact) mass is 487 g/mol. The number of hydrogen-bond donors (Lipinski definition) is 1. The predicted molar refractivity (Wildman–Crippen MR) is 134 cm³/mol. The Hall–Kier alpha value is -3.91. The van der Waals surface area contributed by atoms with Gasteiger partial charge in [-0.1, -0.05) is 29.5 Å². The van der Waals surface area contributed by atoms with Gasteiger partial charge in [0.05, 0.1) is 18.4 Å². The molecule has 0 radical (unpaired) electrons. The van der Waals surface area contributed by atoms with Gasteiger partial charge in [0.25, 0.3) is 0 Å². The van der Waals surface area contributed by atoms with Gasteiger partial charge < -0.3 is 14.8 Å². The van der Waals surface area contributed by atoms with Gasteiger partial charge >= 0.3 is 0 Å². The lowest BCUT2D eigenvalue weighted by molar-refractivity contribution is -0.113. The molecule has 0 atom stereocenters. The Labute approximate surface area is 206 Å². The number of carbonyl (C=O) groups excluding carboxylic acids is 1. The normalized spacial score (nSPS) is 11.7. The third-order valence-corrected chi connectivity index (χ3v) is 6.55. The van der Waals surface area contributed by atoms with E-state index in [9.17, 15) is 9.18 Å². The lowest BCUT2D eigenvalue weighted by Gasteiger charge is -2.22. The minimum Gasteiger partial charge on any atom is -0.497 e. The smallest absolute Gasteiger partial charge is 0.234 e. The fourth-order valence-corrected chi connectivity index (χ4v) is 4.60. The number of nitrogens with one attached hydrogen (secondary N) is 1. The Morgan fingerprint density at radius 3 is 2.60 bits per heavy atom. The number of methoxy groups -OCH3 is 1. The molecule has 1 aliphatic rings. The van der Waals surface area contributed by atoms with Crippen LogP contribution in [0, 0.1) is 12.7 Å². The van der Waals surface area contributed by atoms with E-state index in [1.165, 1.54) is 36.0 Å². The van der Waals surface area contributed by atoms with Gasteiger partial charge in [-0.3, -0.25) is 4.79 Å². The van der Waals surface area contributed by atoms with E-state index in [4.69, 9.17) is 19.4 Å². The second kappa shape index (κ2) is 9.76. The number of rotatable bonds is 6. The lowest BCUT2D eigenvalue weighted by atomic mass is 10.0. The summed E-state index contributed by atoms with van der Waals surface area (Å²) in [6.45, 7) is 2.04. The number of amides is 1. The zero-order valence-corrected chi connectivity index (χ0v) is 20.0. The van der Waals surface area contributed by atoms with Crippen LogP contribution < -0.4 is 14.8 Å². The van der Waals surface area contributed by atoms with Crippen molar-refractivity contribution in [3.05, 3.63) is 89.2 Å². The van der Waals surface area contributed by atoms with E-state index in [1.807, 2.05) is 43.3 Å². The van der Waals surface area contributed by atoms with E-state index < -0.39 is 0 Å². The van der Waals surface area contributed by atoms with Crippen LogP contribution in [-0.2, 0) is 11.2 Å². The molecule has 0 fully saturated rings. The standard InChI is InChI=1S/C27H22FN3O3S/c1-16-3-12-23-18(13-16)14-22-26(34-23)30-25(17-4-10-21(33-2)11-5-17)31-27(22)35-15-24(32)29-20-8-6-19(28)7-9-20/h3-13H,14-15H2,1-2H3,(H,29,32). The van der Waals surface area contributed by atoms with Crippen molar-refractivity contribution in [2.45, 2.75) is 18.4 Å². The number of ether oxygens (including phenoxy) is 2. The molecule has 1 N–H and O–H groups in total. The topological polar surface area (TPSA) is 73.3 Å². The first-order valence-electron chi connectivity index (χ1n) is 11.0. The molecule has 1 aliphatic heterocycles. The highest BCUT2D eigenvalue weighted by molar-refractivity contribution is 8.00. The zero-order chi connectivity index (χ0) is 24.4. The maximum Gasteiger partial charge on any atom is 0.234 e. The van der Waals surface area contributed by atoms with Gasteiger partial charge in [-0.25, -0.2) is 9.37 Å². The largest absolute Gasteiger partial charge is 0.497 e.